The van der Waals surface area contributed by atoms with Crippen LogP contribution in [0.1, 0.15) is 29.8 Å². The number of benzene rings is 2. The molecule has 11 heteroatoms. The zero-order valence-corrected chi connectivity index (χ0v) is 20.6. The Balaban J connectivity index is 1.77. The molecule has 0 N–H and O–H groups in total. The molecule has 2 aromatic rings. The van der Waals surface area contributed by atoms with Gasteiger partial charge in [-0.1, -0.05) is 29.3 Å². The van der Waals surface area contributed by atoms with Crippen LogP contribution in [0.5, 0.6) is 11.5 Å². The Hall–Kier alpha value is -3.01. The van der Waals surface area contributed by atoms with Crippen molar-refractivity contribution in [1.29, 1.82) is 0 Å². The molecule has 3 rings (SSSR count). The summed E-state index contributed by atoms with van der Waals surface area (Å²) in [6.07, 6.45) is 1.11. The Morgan fingerprint density at radius 1 is 1.09 bits per heavy atom. The molecular weight excluding hydrogens is 505 g/mol. The van der Waals surface area contributed by atoms with E-state index in [2.05, 4.69) is 0 Å². The lowest BCUT2D eigenvalue weighted by atomic mass is 10.1. The van der Waals surface area contributed by atoms with Crippen molar-refractivity contribution in [2.75, 3.05) is 13.7 Å². The molecule has 1 heterocycles. The van der Waals surface area contributed by atoms with Crippen molar-refractivity contribution >= 4 is 64.1 Å². The van der Waals surface area contributed by atoms with E-state index in [1.165, 1.54) is 43.5 Å². The van der Waals surface area contributed by atoms with Crippen LogP contribution >= 0.6 is 35.0 Å². The predicted octanol–water partition coefficient (Wildman–Crippen LogP) is 5.21. The summed E-state index contributed by atoms with van der Waals surface area (Å²) in [5.74, 6) is -1.65. The van der Waals surface area contributed by atoms with E-state index in [9.17, 15) is 19.2 Å². The molecule has 2 amide bonds. The molecule has 0 bridgehead atoms. The summed E-state index contributed by atoms with van der Waals surface area (Å²) in [7, 11) is 1.39. The Morgan fingerprint density at radius 2 is 1.82 bits per heavy atom. The van der Waals surface area contributed by atoms with Crippen LogP contribution in [-0.4, -0.2) is 47.7 Å². The van der Waals surface area contributed by atoms with Crippen molar-refractivity contribution < 1.29 is 33.4 Å². The van der Waals surface area contributed by atoms with E-state index in [0.717, 1.165) is 4.90 Å². The number of esters is 2. The van der Waals surface area contributed by atoms with Gasteiger partial charge in [-0.15, -0.1) is 0 Å². The summed E-state index contributed by atoms with van der Waals surface area (Å²) in [6.45, 7) is 2.87. The van der Waals surface area contributed by atoms with Crippen LogP contribution in [0.25, 0.3) is 6.08 Å². The highest BCUT2D eigenvalue weighted by Crippen LogP contribution is 2.35. The fourth-order valence-electron chi connectivity index (χ4n) is 2.89. The molecular formula is C23H19Cl2NO7S. The van der Waals surface area contributed by atoms with Gasteiger partial charge < -0.3 is 14.2 Å². The summed E-state index contributed by atoms with van der Waals surface area (Å²) in [4.78, 5) is 50.1. The lowest BCUT2D eigenvalue weighted by Gasteiger charge is -2.13. The van der Waals surface area contributed by atoms with Gasteiger partial charge in [0.1, 0.15) is 6.54 Å². The third kappa shape index (κ3) is 6.11. The fraction of sp³-hybridized carbons (Fsp3) is 0.217. The maximum absolute atomic E-state index is 12.6. The first kappa shape index (κ1) is 25.6. The minimum Gasteiger partial charge on any atom is -0.493 e. The minimum absolute atomic E-state index is 0.125. The van der Waals surface area contributed by atoms with Crippen molar-refractivity contribution in [3.63, 3.8) is 0 Å². The Bertz CT molecular complexity index is 1200. The van der Waals surface area contributed by atoms with Crippen LogP contribution in [0.15, 0.2) is 41.3 Å². The average Bonchev–Trinajstić information content (AvgIpc) is 3.01. The monoisotopic (exact) mass is 523 g/mol. The van der Waals surface area contributed by atoms with E-state index >= 15 is 0 Å². The SMILES string of the molecule is COc1cc(/C=C2\SC(=O)N(CC(=O)OC(C)C)C2=O)ccc1OC(=O)c1ccc(Cl)cc1Cl. The second-order valence-electron chi connectivity index (χ2n) is 7.23. The van der Waals surface area contributed by atoms with Crippen molar-refractivity contribution in [1.82, 2.24) is 4.90 Å². The molecule has 0 atom stereocenters. The number of ether oxygens (including phenoxy) is 3. The van der Waals surface area contributed by atoms with Gasteiger partial charge in [-0.3, -0.25) is 19.3 Å². The fourth-order valence-corrected chi connectivity index (χ4v) is 4.21. The van der Waals surface area contributed by atoms with Crippen molar-refractivity contribution in [2.45, 2.75) is 20.0 Å². The molecule has 34 heavy (non-hydrogen) atoms. The average molecular weight is 524 g/mol. The van der Waals surface area contributed by atoms with Crippen molar-refractivity contribution in [3.05, 3.63) is 62.5 Å². The van der Waals surface area contributed by atoms with Gasteiger partial charge in [-0.2, -0.15) is 0 Å². The van der Waals surface area contributed by atoms with Gasteiger partial charge in [0.15, 0.2) is 11.5 Å². The van der Waals surface area contributed by atoms with Crippen molar-refractivity contribution in [3.8, 4) is 11.5 Å². The molecule has 1 aliphatic heterocycles. The predicted molar refractivity (Wildman–Crippen MR) is 128 cm³/mol. The molecule has 0 spiro atoms. The highest BCUT2D eigenvalue weighted by Gasteiger charge is 2.36. The summed E-state index contributed by atoms with van der Waals surface area (Å²) < 4.78 is 15.7. The summed E-state index contributed by atoms with van der Waals surface area (Å²) >= 11 is 12.6. The molecule has 0 saturated carbocycles. The zero-order valence-electron chi connectivity index (χ0n) is 18.3. The molecule has 0 unspecified atom stereocenters. The number of nitrogens with zero attached hydrogens (tertiary/aromatic N) is 1. The number of amides is 2. The zero-order chi connectivity index (χ0) is 25.0. The summed E-state index contributed by atoms with van der Waals surface area (Å²) in [6, 6.07) is 8.98. The molecule has 1 saturated heterocycles. The van der Waals surface area contributed by atoms with E-state index in [0.29, 0.717) is 22.3 Å². The molecule has 178 valence electrons. The summed E-state index contributed by atoms with van der Waals surface area (Å²) in [5, 5.41) is -0.0554. The van der Waals surface area contributed by atoms with E-state index in [-0.39, 0.29) is 33.1 Å². The summed E-state index contributed by atoms with van der Waals surface area (Å²) in [5.41, 5.74) is 0.637. The van der Waals surface area contributed by atoms with E-state index < -0.39 is 29.6 Å². The molecule has 0 aliphatic carbocycles. The van der Waals surface area contributed by atoms with Gasteiger partial charge in [0.05, 0.1) is 28.7 Å². The van der Waals surface area contributed by atoms with Crippen LogP contribution in [-0.2, 0) is 14.3 Å². The van der Waals surface area contributed by atoms with E-state index in [1.807, 2.05) is 0 Å². The number of carbonyl (C=O) groups excluding carboxylic acids is 4. The van der Waals surface area contributed by atoms with Gasteiger partial charge in [0, 0.05) is 5.02 Å². The lowest BCUT2D eigenvalue weighted by Crippen LogP contribution is -2.35. The van der Waals surface area contributed by atoms with Crippen LogP contribution < -0.4 is 9.47 Å². The number of halogens is 2. The number of carbonyl (C=O) groups is 4. The number of hydrogen-bond donors (Lipinski definition) is 0. The highest BCUT2D eigenvalue weighted by atomic mass is 35.5. The maximum atomic E-state index is 12.6. The standard InChI is InChI=1S/C23H19Cl2NO7S/c1-12(2)32-20(27)11-26-21(28)19(34-23(26)30)9-13-4-7-17(18(8-13)31-3)33-22(29)15-6-5-14(24)10-16(15)25/h4-10,12H,11H2,1-3H3/b19-9-. The van der Waals surface area contributed by atoms with Crippen LogP contribution in [0.4, 0.5) is 4.79 Å². The minimum atomic E-state index is -0.706. The van der Waals surface area contributed by atoms with Crippen molar-refractivity contribution in [2.24, 2.45) is 0 Å². The number of hydrogen-bond acceptors (Lipinski definition) is 8. The number of rotatable bonds is 7. The van der Waals surface area contributed by atoms with E-state index in [4.69, 9.17) is 37.4 Å². The lowest BCUT2D eigenvalue weighted by molar-refractivity contribution is -0.149. The van der Waals surface area contributed by atoms with E-state index in [1.54, 1.807) is 19.9 Å². The molecule has 1 fully saturated rings. The molecule has 8 nitrogen and oxygen atoms in total. The largest absolute Gasteiger partial charge is 0.493 e. The number of methoxy groups -OCH3 is 1. The molecule has 1 aliphatic rings. The van der Waals surface area contributed by atoms with Gasteiger partial charge in [0.25, 0.3) is 11.1 Å². The van der Waals surface area contributed by atoms with Crippen LogP contribution in [0.2, 0.25) is 10.0 Å². The number of thioether (sulfide) groups is 1. The second kappa shape index (κ2) is 10.9. The maximum Gasteiger partial charge on any atom is 0.345 e. The smallest absolute Gasteiger partial charge is 0.345 e. The van der Waals surface area contributed by atoms with Crippen LogP contribution in [0, 0.1) is 0 Å². The first-order valence-electron chi connectivity index (χ1n) is 9.89. The Morgan fingerprint density at radius 3 is 2.47 bits per heavy atom. The number of imide groups is 1. The van der Waals surface area contributed by atoms with Gasteiger partial charge >= 0.3 is 11.9 Å². The highest BCUT2D eigenvalue weighted by molar-refractivity contribution is 8.18. The normalized spacial score (nSPS) is 14.6. The molecule has 0 aromatic heterocycles. The van der Waals surface area contributed by atoms with Crippen LogP contribution in [0.3, 0.4) is 0 Å². The Labute approximate surface area is 209 Å². The third-order valence-electron chi connectivity index (χ3n) is 4.37. The van der Waals surface area contributed by atoms with Gasteiger partial charge in [-0.05, 0) is 67.6 Å². The first-order chi connectivity index (χ1) is 16.1. The quantitative estimate of drug-likeness (QED) is 0.277. The topological polar surface area (TPSA) is 99.2 Å². The van der Waals surface area contributed by atoms with Gasteiger partial charge in [-0.25, -0.2) is 4.79 Å². The molecule has 0 radical (unpaired) electrons. The third-order valence-corrected chi connectivity index (χ3v) is 5.82. The Kier molecular flexibility index (Phi) is 8.24. The molecule has 2 aromatic carbocycles. The first-order valence-corrected chi connectivity index (χ1v) is 11.5. The second-order valence-corrected chi connectivity index (χ2v) is 9.07. The van der Waals surface area contributed by atoms with Gasteiger partial charge in [0.2, 0.25) is 0 Å².